The topological polar surface area (TPSA) is 55.9 Å². The van der Waals surface area contributed by atoms with Gasteiger partial charge in [0, 0.05) is 5.69 Å². The number of pyridine rings is 1. The number of hydrogen-bond acceptors (Lipinski definition) is 6. The van der Waals surface area contributed by atoms with E-state index in [4.69, 9.17) is 4.42 Å². The largest absolute Gasteiger partial charge is 0.436 e. The number of rotatable bonds is 2. The van der Waals surface area contributed by atoms with Crippen molar-refractivity contribution in [2.75, 3.05) is 11.7 Å². The number of hydrogen-bond donors (Lipinski definition) is 1. The van der Waals surface area contributed by atoms with Crippen molar-refractivity contribution in [1.29, 1.82) is 0 Å². The van der Waals surface area contributed by atoms with Crippen LogP contribution in [-0.2, 0) is 6.18 Å². The second-order valence-electron chi connectivity index (χ2n) is 5.23. The third kappa shape index (κ3) is 2.53. The maximum absolute atomic E-state index is 13.2. The lowest BCUT2D eigenvalue weighted by Gasteiger charge is -2.07. The fourth-order valence-corrected chi connectivity index (χ4v) is 4.08. The molecule has 0 radical (unpaired) electrons. The summed E-state index contributed by atoms with van der Waals surface area (Å²) >= 11 is 3.17. The third-order valence-corrected chi connectivity index (χ3v) is 5.75. The van der Waals surface area contributed by atoms with Crippen molar-refractivity contribution in [2.24, 2.45) is 0 Å². The monoisotopic (exact) mass is 372 g/mol. The molecule has 0 amide bonds. The van der Waals surface area contributed by atoms with E-state index < -0.39 is 11.7 Å². The van der Waals surface area contributed by atoms with E-state index in [2.05, 4.69) is 15.4 Å². The maximum Gasteiger partial charge on any atom is 0.417 e. The van der Waals surface area contributed by atoms with Crippen LogP contribution in [0.1, 0.15) is 11.3 Å². The lowest BCUT2D eigenvalue weighted by molar-refractivity contribution is -0.136. The highest BCUT2D eigenvalue weighted by molar-refractivity contribution is 8.16. The molecule has 0 fully saturated rings. The predicted molar refractivity (Wildman–Crippen MR) is 87.5 cm³/mol. The van der Waals surface area contributed by atoms with Crippen LogP contribution in [0.5, 0.6) is 0 Å². The van der Waals surface area contributed by atoms with Crippen molar-refractivity contribution < 1.29 is 17.6 Å². The highest BCUT2D eigenvalue weighted by Gasteiger charge is 2.34. The summed E-state index contributed by atoms with van der Waals surface area (Å²) in [6, 6.07) is 2.37. The van der Waals surface area contributed by atoms with Gasteiger partial charge in [-0.15, -0.1) is 11.8 Å². The Hall–Kier alpha value is -1.81. The van der Waals surface area contributed by atoms with Gasteiger partial charge in [-0.1, -0.05) is 0 Å². The molecule has 24 heavy (non-hydrogen) atoms. The molecule has 0 spiro atoms. The lowest BCUT2D eigenvalue weighted by Crippen LogP contribution is -2.13. The first-order valence-corrected chi connectivity index (χ1v) is 9.06. The molecule has 4 rings (SSSR count). The normalized spacial score (nSPS) is 17.3. The Kier molecular flexibility index (Phi) is 3.50. The second kappa shape index (κ2) is 5.35. The van der Waals surface area contributed by atoms with Crippen molar-refractivity contribution >= 4 is 34.6 Å². The van der Waals surface area contributed by atoms with E-state index in [1.165, 1.54) is 24.8 Å². The van der Waals surface area contributed by atoms with Crippen LogP contribution in [0.25, 0.3) is 22.6 Å². The fraction of sp³-hybridized carbons (Fsp3) is 0.286. The third-order valence-electron chi connectivity index (χ3n) is 3.54. The van der Waals surface area contributed by atoms with Gasteiger partial charge in [0.1, 0.15) is 10.4 Å². The van der Waals surface area contributed by atoms with Crippen LogP contribution in [0.4, 0.5) is 13.2 Å². The summed E-state index contributed by atoms with van der Waals surface area (Å²) in [4.78, 5) is 8.48. The van der Waals surface area contributed by atoms with Crippen LogP contribution in [0, 0.1) is 6.92 Å². The van der Waals surface area contributed by atoms with Gasteiger partial charge in [-0.05, 0) is 37.1 Å². The molecule has 1 atom stereocenters. The van der Waals surface area contributed by atoms with Crippen molar-refractivity contribution in [1.82, 2.24) is 14.6 Å². The van der Waals surface area contributed by atoms with Crippen LogP contribution in [0.3, 0.4) is 0 Å². The summed E-state index contributed by atoms with van der Waals surface area (Å²) in [5, 5.41) is 0.684. The van der Waals surface area contributed by atoms with Crippen molar-refractivity contribution in [3.63, 3.8) is 0 Å². The fourth-order valence-electron chi connectivity index (χ4n) is 2.49. The number of alkyl halides is 3. The van der Waals surface area contributed by atoms with E-state index >= 15 is 0 Å². The van der Waals surface area contributed by atoms with Gasteiger partial charge in [-0.2, -0.15) is 13.2 Å². The molecule has 0 saturated carbocycles. The number of aryl methyl sites for hydroxylation is 1. The minimum Gasteiger partial charge on any atom is -0.436 e. The van der Waals surface area contributed by atoms with E-state index in [1.807, 2.05) is 6.26 Å². The zero-order valence-electron chi connectivity index (χ0n) is 12.5. The van der Waals surface area contributed by atoms with E-state index in [1.54, 1.807) is 22.6 Å². The Morgan fingerprint density at radius 3 is 2.79 bits per heavy atom. The summed E-state index contributed by atoms with van der Waals surface area (Å²) in [6.07, 6.45) is -0.785. The number of imidazole rings is 1. The number of aromatic nitrogens is 3. The number of thioether (sulfide) groups is 2. The molecular formula is C14H11F3N4OS2. The molecule has 0 aliphatic carbocycles. The molecule has 0 saturated heterocycles. The van der Waals surface area contributed by atoms with Gasteiger partial charge in [0.25, 0.3) is 0 Å². The Labute approximate surface area is 143 Å². The molecule has 0 bridgehead atoms. The molecule has 3 aromatic heterocycles. The molecule has 0 aromatic carbocycles. The van der Waals surface area contributed by atoms with E-state index in [0.29, 0.717) is 5.69 Å². The van der Waals surface area contributed by atoms with Crippen LogP contribution in [-0.4, -0.2) is 25.6 Å². The first-order valence-electron chi connectivity index (χ1n) is 6.89. The summed E-state index contributed by atoms with van der Waals surface area (Å²) in [6.45, 7) is 1.51. The standard InChI is InChI=1S/C14H11F3N4OS2/c1-6-3-8(14(15,16)17)7-4-10(22-11(7)18-6)9-5-21-12(19-9)24-13(20-21)23-2/h3-5,13,20H,1-2H3. The van der Waals surface area contributed by atoms with Gasteiger partial charge in [-0.3, -0.25) is 0 Å². The highest BCUT2D eigenvalue weighted by atomic mass is 32.2. The first kappa shape index (κ1) is 15.7. The summed E-state index contributed by atoms with van der Waals surface area (Å²) < 4.78 is 47.1. The quantitative estimate of drug-likeness (QED) is 0.723. The van der Waals surface area contributed by atoms with Crippen molar-refractivity contribution in [3.05, 3.63) is 29.6 Å². The molecule has 3 aromatic rings. The molecule has 1 aliphatic heterocycles. The van der Waals surface area contributed by atoms with Crippen LogP contribution in [0.15, 0.2) is 27.9 Å². The SMILES string of the molecule is CSC1Nn2cc(-c3cc4c(C(F)(F)F)cc(C)nc4o3)nc2S1. The maximum atomic E-state index is 13.2. The van der Waals surface area contributed by atoms with E-state index in [-0.39, 0.29) is 27.3 Å². The van der Waals surface area contributed by atoms with Crippen LogP contribution < -0.4 is 5.43 Å². The second-order valence-corrected chi connectivity index (χ2v) is 7.55. The van der Waals surface area contributed by atoms with E-state index in [0.717, 1.165) is 11.2 Å². The number of fused-ring (bicyclic) bond motifs is 2. The molecule has 1 unspecified atom stereocenters. The molecule has 1 N–H and O–H groups in total. The predicted octanol–water partition coefficient (Wildman–Crippen LogP) is 4.31. The molecule has 4 heterocycles. The zero-order valence-corrected chi connectivity index (χ0v) is 14.1. The Bertz CT molecular complexity index is 911. The van der Waals surface area contributed by atoms with Crippen LogP contribution in [0.2, 0.25) is 0 Å². The molecule has 10 heteroatoms. The first-order chi connectivity index (χ1) is 11.3. The Morgan fingerprint density at radius 1 is 1.33 bits per heavy atom. The molecule has 1 aliphatic rings. The zero-order chi connectivity index (χ0) is 17.1. The van der Waals surface area contributed by atoms with Gasteiger partial charge in [0.2, 0.25) is 5.71 Å². The number of nitrogens with zero attached hydrogens (tertiary/aromatic N) is 3. The van der Waals surface area contributed by atoms with Gasteiger partial charge in [0.05, 0.1) is 17.1 Å². The van der Waals surface area contributed by atoms with Crippen molar-refractivity contribution in [3.8, 4) is 11.5 Å². The number of nitrogens with one attached hydrogen (secondary N) is 1. The lowest BCUT2D eigenvalue weighted by atomic mass is 10.1. The van der Waals surface area contributed by atoms with Crippen molar-refractivity contribution in [2.45, 2.75) is 23.0 Å². The molecule has 5 nitrogen and oxygen atoms in total. The van der Waals surface area contributed by atoms with Gasteiger partial charge in [0.15, 0.2) is 10.9 Å². The summed E-state index contributed by atoms with van der Waals surface area (Å²) in [7, 11) is 0. The number of halogens is 3. The minimum absolute atomic E-state index is 0.0342. The van der Waals surface area contributed by atoms with Gasteiger partial charge < -0.3 is 9.84 Å². The van der Waals surface area contributed by atoms with E-state index in [9.17, 15) is 13.2 Å². The molecular weight excluding hydrogens is 361 g/mol. The minimum atomic E-state index is -4.47. The average molecular weight is 372 g/mol. The average Bonchev–Trinajstić information content (AvgIpc) is 3.15. The molecule has 126 valence electrons. The summed E-state index contributed by atoms with van der Waals surface area (Å²) in [5.41, 5.74) is 3.13. The highest BCUT2D eigenvalue weighted by Crippen LogP contribution is 2.39. The smallest absolute Gasteiger partial charge is 0.417 e. The van der Waals surface area contributed by atoms with Gasteiger partial charge >= 0.3 is 6.18 Å². The van der Waals surface area contributed by atoms with Crippen LogP contribution >= 0.6 is 23.5 Å². The summed E-state index contributed by atoms with van der Waals surface area (Å²) in [5.74, 6) is 0.263. The number of furan rings is 1. The van der Waals surface area contributed by atoms with Gasteiger partial charge in [-0.25, -0.2) is 14.6 Å². The Balaban J connectivity index is 1.80. The Morgan fingerprint density at radius 2 is 2.12 bits per heavy atom.